The molecule has 0 saturated heterocycles. The molecule has 0 aliphatic carbocycles. The van der Waals surface area contributed by atoms with E-state index in [1.54, 1.807) is 41.2 Å². The van der Waals surface area contributed by atoms with Crippen molar-refractivity contribution in [2.45, 2.75) is 0 Å². The summed E-state index contributed by atoms with van der Waals surface area (Å²) in [5.41, 5.74) is 2.27. The molecule has 27 heavy (non-hydrogen) atoms. The van der Waals surface area contributed by atoms with Crippen molar-refractivity contribution >= 4 is 23.2 Å². The normalized spacial score (nSPS) is 11.8. The molecule has 0 spiro atoms. The van der Waals surface area contributed by atoms with Crippen LogP contribution in [0.2, 0.25) is 0 Å². The van der Waals surface area contributed by atoms with Gasteiger partial charge in [0.25, 0.3) is 5.69 Å². The van der Waals surface area contributed by atoms with Crippen LogP contribution in [-0.2, 0) is 0 Å². The molecule has 0 amide bonds. The molecule has 1 heterocycles. The van der Waals surface area contributed by atoms with E-state index in [0.717, 1.165) is 16.8 Å². The highest BCUT2D eigenvalue weighted by atomic mass is 32.1. The summed E-state index contributed by atoms with van der Waals surface area (Å²) in [4.78, 5) is 15.5. The Morgan fingerprint density at radius 3 is 2.52 bits per heavy atom. The Bertz CT molecular complexity index is 1050. The molecule has 0 N–H and O–H groups in total. The molecule has 0 aliphatic heterocycles. The van der Waals surface area contributed by atoms with Gasteiger partial charge in [0.2, 0.25) is 4.80 Å². The molecule has 0 aliphatic rings. The molecule has 3 aromatic rings. The van der Waals surface area contributed by atoms with Crippen molar-refractivity contribution in [3.05, 3.63) is 92.9 Å². The summed E-state index contributed by atoms with van der Waals surface area (Å²) in [6.45, 7) is 4.10. The third kappa shape index (κ3) is 4.42. The first kappa shape index (κ1) is 18.4. The quantitative estimate of drug-likeness (QED) is 0.277. The zero-order chi connectivity index (χ0) is 19.2. The Balaban J connectivity index is 2.04. The van der Waals surface area contributed by atoms with Gasteiger partial charge in [0.1, 0.15) is 5.82 Å². The lowest BCUT2D eigenvalue weighted by Crippen LogP contribution is -2.12. The summed E-state index contributed by atoms with van der Waals surface area (Å²) < 4.78 is 14.7. The van der Waals surface area contributed by atoms with Crippen molar-refractivity contribution in [1.82, 2.24) is 4.68 Å². The summed E-state index contributed by atoms with van der Waals surface area (Å²) in [6, 6.07) is 12.2. The van der Waals surface area contributed by atoms with Crippen LogP contribution < -0.4 is 4.80 Å². The van der Waals surface area contributed by atoms with Gasteiger partial charge in [-0.3, -0.25) is 15.1 Å². The lowest BCUT2D eigenvalue weighted by Gasteiger charge is -2.03. The van der Waals surface area contributed by atoms with Crippen molar-refractivity contribution in [2.24, 2.45) is 10.1 Å². The van der Waals surface area contributed by atoms with Gasteiger partial charge in [-0.15, -0.1) is 17.9 Å². The van der Waals surface area contributed by atoms with Crippen LogP contribution in [0.1, 0.15) is 5.56 Å². The average Bonchev–Trinajstić information content (AvgIpc) is 3.08. The maximum atomic E-state index is 13.1. The van der Waals surface area contributed by atoms with E-state index in [4.69, 9.17) is 0 Å². The number of aromatic nitrogens is 1. The molecule has 0 fully saturated rings. The Morgan fingerprint density at radius 1 is 1.19 bits per heavy atom. The molecule has 8 heteroatoms. The third-order valence-corrected chi connectivity index (χ3v) is 4.46. The van der Waals surface area contributed by atoms with Gasteiger partial charge in [0, 0.05) is 23.1 Å². The lowest BCUT2D eigenvalue weighted by molar-refractivity contribution is -0.384. The summed E-state index contributed by atoms with van der Waals surface area (Å²) in [6.07, 6.45) is 3.28. The second kappa shape index (κ2) is 8.33. The number of non-ortho nitro benzene ring substituents is 1. The maximum Gasteiger partial charge on any atom is 0.269 e. The number of hydrogen-bond donors (Lipinski definition) is 0. The van der Waals surface area contributed by atoms with Crippen LogP contribution in [-0.4, -0.2) is 22.4 Å². The second-order valence-electron chi connectivity index (χ2n) is 5.44. The van der Waals surface area contributed by atoms with E-state index in [0.29, 0.717) is 11.3 Å². The predicted octanol–water partition coefficient (Wildman–Crippen LogP) is 4.23. The SMILES string of the molecule is C=CCN=c1scc(-c2ccc([N+](=O)[O-])cc2)n1N=Cc1ccc(F)cc1. The van der Waals surface area contributed by atoms with Crippen molar-refractivity contribution < 1.29 is 9.31 Å². The van der Waals surface area contributed by atoms with Crippen LogP contribution in [0.15, 0.2) is 76.7 Å². The topological polar surface area (TPSA) is 72.8 Å². The number of halogens is 1. The Labute approximate surface area is 158 Å². The minimum atomic E-state index is -0.441. The number of rotatable bonds is 6. The Morgan fingerprint density at radius 2 is 1.89 bits per heavy atom. The van der Waals surface area contributed by atoms with Crippen LogP contribution in [0.4, 0.5) is 10.1 Å². The molecular formula is C19H15FN4O2S. The number of hydrogen-bond acceptors (Lipinski definition) is 5. The number of nitrogens with zero attached hydrogens (tertiary/aromatic N) is 4. The van der Waals surface area contributed by atoms with Crippen LogP contribution >= 0.6 is 11.3 Å². The van der Waals surface area contributed by atoms with E-state index in [1.807, 2.05) is 5.38 Å². The van der Waals surface area contributed by atoms with Gasteiger partial charge in [0.15, 0.2) is 0 Å². The number of nitro groups is 1. The zero-order valence-corrected chi connectivity index (χ0v) is 15.0. The lowest BCUT2D eigenvalue weighted by atomic mass is 10.1. The second-order valence-corrected chi connectivity index (χ2v) is 6.28. The smallest absolute Gasteiger partial charge is 0.258 e. The van der Waals surface area contributed by atoms with Gasteiger partial charge in [-0.1, -0.05) is 18.2 Å². The number of thiazole rings is 1. The van der Waals surface area contributed by atoms with Crippen molar-refractivity contribution in [3.8, 4) is 11.3 Å². The highest BCUT2D eigenvalue weighted by molar-refractivity contribution is 7.07. The zero-order valence-electron chi connectivity index (χ0n) is 14.2. The highest BCUT2D eigenvalue weighted by Crippen LogP contribution is 2.23. The summed E-state index contributed by atoms with van der Waals surface area (Å²) in [5.74, 6) is -0.316. The fourth-order valence-electron chi connectivity index (χ4n) is 2.29. The highest BCUT2D eigenvalue weighted by Gasteiger charge is 2.10. The van der Waals surface area contributed by atoms with E-state index in [-0.39, 0.29) is 11.5 Å². The van der Waals surface area contributed by atoms with Crippen LogP contribution in [0, 0.1) is 15.9 Å². The molecule has 0 radical (unpaired) electrons. The van der Waals surface area contributed by atoms with Gasteiger partial charge in [0.05, 0.1) is 23.4 Å². The molecule has 1 aromatic heterocycles. The van der Waals surface area contributed by atoms with Gasteiger partial charge in [-0.05, 0) is 29.8 Å². The standard InChI is InChI=1S/C19H15FN4O2S/c1-2-11-21-19-23(22-12-14-3-7-16(20)8-4-14)18(13-27-19)15-5-9-17(10-6-15)24(25)26/h2-10,12-13H,1,11H2. The molecule has 0 bridgehead atoms. The monoisotopic (exact) mass is 382 g/mol. The molecular weight excluding hydrogens is 367 g/mol. The molecule has 0 saturated carbocycles. The molecule has 136 valence electrons. The first-order valence-corrected chi connectivity index (χ1v) is 8.83. The fraction of sp³-hybridized carbons (Fsp3) is 0.0526. The van der Waals surface area contributed by atoms with E-state index in [2.05, 4.69) is 16.7 Å². The summed E-state index contributed by atoms with van der Waals surface area (Å²) >= 11 is 1.40. The van der Waals surface area contributed by atoms with Crippen molar-refractivity contribution in [2.75, 3.05) is 6.54 Å². The number of nitro benzene ring substituents is 1. The van der Waals surface area contributed by atoms with E-state index >= 15 is 0 Å². The maximum absolute atomic E-state index is 13.1. The molecule has 0 atom stereocenters. The molecule has 6 nitrogen and oxygen atoms in total. The van der Waals surface area contributed by atoms with Crippen molar-refractivity contribution in [3.63, 3.8) is 0 Å². The minimum absolute atomic E-state index is 0.0203. The van der Waals surface area contributed by atoms with Gasteiger partial charge in [-0.2, -0.15) is 5.10 Å². The Hall–Kier alpha value is -3.39. The first-order valence-electron chi connectivity index (χ1n) is 7.95. The van der Waals surface area contributed by atoms with Crippen LogP contribution in [0.3, 0.4) is 0 Å². The third-order valence-electron chi connectivity index (χ3n) is 3.61. The van der Waals surface area contributed by atoms with E-state index in [9.17, 15) is 14.5 Å². The largest absolute Gasteiger partial charge is 0.269 e. The fourth-order valence-corrected chi connectivity index (χ4v) is 3.13. The predicted molar refractivity (Wildman–Crippen MR) is 104 cm³/mol. The van der Waals surface area contributed by atoms with Crippen molar-refractivity contribution in [1.29, 1.82) is 0 Å². The van der Waals surface area contributed by atoms with E-state index in [1.165, 1.54) is 35.6 Å². The molecule has 0 unspecified atom stereocenters. The van der Waals surface area contributed by atoms with Gasteiger partial charge >= 0.3 is 0 Å². The molecule has 2 aromatic carbocycles. The summed E-state index contributed by atoms with van der Waals surface area (Å²) in [5, 5.41) is 17.2. The van der Waals surface area contributed by atoms with Crippen LogP contribution in [0.5, 0.6) is 0 Å². The average molecular weight is 382 g/mol. The van der Waals surface area contributed by atoms with E-state index < -0.39 is 4.92 Å². The molecule has 3 rings (SSSR count). The minimum Gasteiger partial charge on any atom is -0.258 e. The van der Waals surface area contributed by atoms with Crippen LogP contribution in [0.25, 0.3) is 11.3 Å². The first-order chi connectivity index (χ1) is 13.1. The Kier molecular flexibility index (Phi) is 5.68. The number of benzene rings is 2. The van der Waals surface area contributed by atoms with Gasteiger partial charge in [-0.25, -0.2) is 9.07 Å². The summed E-state index contributed by atoms with van der Waals surface area (Å²) in [7, 11) is 0. The van der Waals surface area contributed by atoms with Gasteiger partial charge < -0.3 is 0 Å².